The lowest BCUT2D eigenvalue weighted by Crippen LogP contribution is -2.05. The Morgan fingerprint density at radius 3 is 2.25 bits per heavy atom. The lowest BCUT2D eigenvalue weighted by molar-refractivity contribution is -0.129. The molecule has 0 saturated heterocycles. The van der Waals surface area contributed by atoms with Gasteiger partial charge in [-0.3, -0.25) is 0 Å². The standard InChI is InChI=1S/C26H23NO5/c1-17-9-7-8-12-20(17)16-31-24-22(29-2)14-18(15-23(24)30-3)13-21-26(28)32-25(27-21)19-10-5-4-6-11-19/h4-15H,16H2,1-3H3. The molecule has 3 aromatic rings. The molecule has 0 saturated carbocycles. The predicted octanol–water partition coefficient (Wildman–Crippen LogP) is 4.94. The zero-order chi connectivity index (χ0) is 22.5. The van der Waals surface area contributed by atoms with E-state index in [4.69, 9.17) is 18.9 Å². The first-order chi connectivity index (χ1) is 15.6. The fourth-order valence-electron chi connectivity index (χ4n) is 3.32. The summed E-state index contributed by atoms with van der Waals surface area (Å²) in [5.41, 5.74) is 3.81. The van der Waals surface area contributed by atoms with Crippen molar-refractivity contribution in [1.82, 2.24) is 0 Å². The van der Waals surface area contributed by atoms with Crippen LogP contribution in [0.1, 0.15) is 22.3 Å². The van der Waals surface area contributed by atoms with Crippen molar-refractivity contribution < 1.29 is 23.7 Å². The summed E-state index contributed by atoms with van der Waals surface area (Å²) < 4.78 is 22.5. The third-order valence-corrected chi connectivity index (χ3v) is 5.06. The molecule has 0 N–H and O–H groups in total. The Morgan fingerprint density at radius 2 is 1.59 bits per heavy atom. The van der Waals surface area contributed by atoms with Crippen LogP contribution in [-0.4, -0.2) is 26.1 Å². The average molecular weight is 429 g/mol. The third kappa shape index (κ3) is 4.49. The predicted molar refractivity (Wildman–Crippen MR) is 122 cm³/mol. The molecule has 6 heteroatoms. The summed E-state index contributed by atoms with van der Waals surface area (Å²) in [7, 11) is 3.11. The van der Waals surface area contributed by atoms with Crippen LogP contribution < -0.4 is 14.2 Å². The van der Waals surface area contributed by atoms with E-state index in [0.717, 1.165) is 16.7 Å². The highest BCUT2D eigenvalue weighted by molar-refractivity contribution is 6.12. The van der Waals surface area contributed by atoms with Gasteiger partial charge in [-0.05, 0) is 54.0 Å². The van der Waals surface area contributed by atoms with Gasteiger partial charge in [-0.15, -0.1) is 0 Å². The molecule has 0 bridgehead atoms. The van der Waals surface area contributed by atoms with Gasteiger partial charge in [-0.25, -0.2) is 9.79 Å². The molecule has 0 unspecified atom stereocenters. The van der Waals surface area contributed by atoms with Crippen molar-refractivity contribution in [1.29, 1.82) is 0 Å². The molecule has 6 nitrogen and oxygen atoms in total. The van der Waals surface area contributed by atoms with Crippen molar-refractivity contribution >= 4 is 17.9 Å². The Morgan fingerprint density at radius 1 is 0.938 bits per heavy atom. The van der Waals surface area contributed by atoms with Crippen molar-refractivity contribution in [3.63, 3.8) is 0 Å². The van der Waals surface area contributed by atoms with Crippen LogP contribution >= 0.6 is 0 Å². The van der Waals surface area contributed by atoms with E-state index >= 15 is 0 Å². The van der Waals surface area contributed by atoms with Gasteiger partial charge in [0.25, 0.3) is 0 Å². The van der Waals surface area contributed by atoms with Crippen LogP contribution in [0.25, 0.3) is 6.08 Å². The van der Waals surface area contributed by atoms with Crippen LogP contribution in [0.5, 0.6) is 17.2 Å². The number of ether oxygens (including phenoxy) is 4. The normalized spacial score (nSPS) is 14.2. The molecule has 32 heavy (non-hydrogen) atoms. The number of nitrogens with zero attached hydrogens (tertiary/aromatic N) is 1. The van der Waals surface area contributed by atoms with Gasteiger partial charge in [0.1, 0.15) is 6.61 Å². The Balaban J connectivity index is 1.63. The number of methoxy groups -OCH3 is 2. The van der Waals surface area contributed by atoms with Gasteiger partial charge in [0.15, 0.2) is 17.2 Å². The monoisotopic (exact) mass is 429 g/mol. The average Bonchev–Trinajstić information content (AvgIpc) is 3.19. The molecule has 162 valence electrons. The van der Waals surface area contributed by atoms with Crippen molar-refractivity contribution in [2.75, 3.05) is 14.2 Å². The van der Waals surface area contributed by atoms with E-state index in [1.165, 1.54) is 0 Å². The molecule has 0 atom stereocenters. The number of esters is 1. The summed E-state index contributed by atoms with van der Waals surface area (Å²) in [6.07, 6.45) is 1.63. The van der Waals surface area contributed by atoms with E-state index in [2.05, 4.69) is 4.99 Å². The number of carbonyl (C=O) groups excluding carboxylic acids is 1. The second-order valence-corrected chi connectivity index (χ2v) is 7.17. The number of rotatable bonds is 7. The summed E-state index contributed by atoms with van der Waals surface area (Å²) >= 11 is 0. The van der Waals surface area contributed by atoms with Crippen LogP contribution in [0.4, 0.5) is 0 Å². The minimum atomic E-state index is -0.512. The maximum atomic E-state index is 12.3. The number of cyclic esters (lactones) is 1. The van der Waals surface area contributed by atoms with Crippen LogP contribution in [-0.2, 0) is 16.1 Å². The highest BCUT2D eigenvalue weighted by atomic mass is 16.6. The van der Waals surface area contributed by atoms with Crippen LogP contribution in [0.15, 0.2) is 77.4 Å². The second-order valence-electron chi connectivity index (χ2n) is 7.17. The molecule has 0 radical (unpaired) electrons. The van der Waals surface area contributed by atoms with E-state index in [9.17, 15) is 4.79 Å². The lowest BCUT2D eigenvalue weighted by Gasteiger charge is -2.16. The fourth-order valence-corrected chi connectivity index (χ4v) is 3.32. The Bertz CT molecular complexity index is 1170. The zero-order valence-corrected chi connectivity index (χ0v) is 18.1. The maximum Gasteiger partial charge on any atom is 0.363 e. The minimum Gasteiger partial charge on any atom is -0.493 e. The topological polar surface area (TPSA) is 66.4 Å². The molecule has 0 amide bonds. The molecular formula is C26H23NO5. The number of aliphatic imine (C=N–C) groups is 1. The Labute approximate surface area is 186 Å². The molecule has 0 aromatic heterocycles. The van der Waals surface area contributed by atoms with Gasteiger partial charge in [0.05, 0.1) is 14.2 Å². The number of benzene rings is 3. The summed E-state index contributed by atoms with van der Waals surface area (Å²) in [5, 5.41) is 0. The highest BCUT2D eigenvalue weighted by Gasteiger charge is 2.24. The number of aryl methyl sites for hydroxylation is 1. The van der Waals surface area contributed by atoms with Crippen LogP contribution in [0.3, 0.4) is 0 Å². The van der Waals surface area contributed by atoms with Gasteiger partial charge in [0.2, 0.25) is 11.6 Å². The Hall–Kier alpha value is -4.06. The van der Waals surface area contributed by atoms with Crippen LogP contribution in [0.2, 0.25) is 0 Å². The first kappa shape index (κ1) is 21.2. The van der Waals surface area contributed by atoms with Gasteiger partial charge >= 0.3 is 5.97 Å². The molecular weight excluding hydrogens is 406 g/mol. The number of carbonyl (C=O) groups is 1. The number of hydrogen-bond acceptors (Lipinski definition) is 6. The lowest BCUT2D eigenvalue weighted by atomic mass is 10.1. The molecule has 1 aliphatic heterocycles. The van der Waals surface area contributed by atoms with Gasteiger partial charge in [-0.2, -0.15) is 0 Å². The van der Waals surface area contributed by atoms with E-state index in [0.29, 0.717) is 29.4 Å². The molecule has 1 aliphatic rings. The van der Waals surface area contributed by atoms with Crippen molar-refractivity contribution in [2.45, 2.75) is 13.5 Å². The van der Waals surface area contributed by atoms with Crippen LogP contribution in [0, 0.1) is 6.92 Å². The quantitative estimate of drug-likeness (QED) is 0.393. The first-order valence-electron chi connectivity index (χ1n) is 10.1. The number of hydrogen-bond donors (Lipinski definition) is 0. The van der Waals surface area contributed by atoms with Crippen molar-refractivity contribution in [3.8, 4) is 17.2 Å². The van der Waals surface area contributed by atoms with Gasteiger partial charge < -0.3 is 18.9 Å². The van der Waals surface area contributed by atoms with E-state index in [1.54, 1.807) is 32.4 Å². The third-order valence-electron chi connectivity index (χ3n) is 5.06. The molecule has 0 fully saturated rings. The second kappa shape index (κ2) is 9.39. The largest absolute Gasteiger partial charge is 0.493 e. The first-order valence-corrected chi connectivity index (χ1v) is 10.1. The molecule has 0 spiro atoms. The minimum absolute atomic E-state index is 0.196. The summed E-state index contributed by atoms with van der Waals surface area (Å²) in [6.45, 7) is 2.41. The molecule has 4 rings (SSSR count). The zero-order valence-electron chi connectivity index (χ0n) is 18.1. The van der Waals surface area contributed by atoms with E-state index < -0.39 is 5.97 Å². The Kier molecular flexibility index (Phi) is 6.22. The van der Waals surface area contributed by atoms with Gasteiger partial charge in [0, 0.05) is 5.56 Å². The maximum absolute atomic E-state index is 12.3. The van der Waals surface area contributed by atoms with Gasteiger partial charge in [-0.1, -0.05) is 42.5 Å². The van der Waals surface area contributed by atoms with Crippen molar-refractivity contribution in [3.05, 3.63) is 94.7 Å². The SMILES string of the molecule is COc1cc(C=C2N=C(c3ccccc3)OC2=O)cc(OC)c1OCc1ccccc1C. The van der Waals surface area contributed by atoms with E-state index in [-0.39, 0.29) is 11.6 Å². The molecule has 3 aromatic carbocycles. The fraction of sp³-hybridized carbons (Fsp3) is 0.154. The summed E-state index contributed by atoms with van der Waals surface area (Å²) in [6, 6.07) is 20.8. The molecule has 1 heterocycles. The highest BCUT2D eigenvalue weighted by Crippen LogP contribution is 2.40. The molecule has 0 aliphatic carbocycles. The smallest absolute Gasteiger partial charge is 0.363 e. The summed E-state index contributed by atoms with van der Waals surface area (Å²) in [4.78, 5) is 16.7. The van der Waals surface area contributed by atoms with Crippen molar-refractivity contribution in [2.24, 2.45) is 4.99 Å². The summed E-state index contributed by atoms with van der Waals surface area (Å²) in [5.74, 6) is 1.23. The van der Waals surface area contributed by atoms with E-state index in [1.807, 2.05) is 61.5 Å².